The van der Waals surface area contributed by atoms with E-state index in [2.05, 4.69) is 0 Å². The molecule has 1 fully saturated rings. The molecule has 1 saturated heterocycles. The average Bonchev–Trinajstić information content (AvgIpc) is 2.44. The van der Waals surface area contributed by atoms with Crippen LogP contribution >= 0.6 is 0 Å². The number of amides is 1. The van der Waals surface area contributed by atoms with Gasteiger partial charge in [0.1, 0.15) is 5.60 Å². The molecule has 0 aromatic heterocycles. The number of aliphatic hydroxyl groups excluding tert-OH is 1. The van der Waals surface area contributed by atoms with Gasteiger partial charge in [0.05, 0.1) is 18.6 Å². The van der Waals surface area contributed by atoms with Crippen LogP contribution in [0.1, 0.15) is 20.8 Å². The van der Waals surface area contributed by atoms with E-state index in [9.17, 15) is 18.7 Å². The van der Waals surface area contributed by atoms with Crippen molar-refractivity contribution < 1.29 is 23.4 Å². The van der Waals surface area contributed by atoms with Crippen LogP contribution in [0, 0.1) is 5.92 Å². The highest BCUT2D eigenvalue weighted by Crippen LogP contribution is 2.24. The van der Waals surface area contributed by atoms with Gasteiger partial charge < -0.3 is 14.7 Å². The highest BCUT2D eigenvalue weighted by atomic mass is 19.3. The molecular formula is C10H17F2NO3. The van der Waals surface area contributed by atoms with Gasteiger partial charge in [-0.3, -0.25) is 0 Å². The van der Waals surface area contributed by atoms with Crippen molar-refractivity contribution in [3.8, 4) is 0 Å². The van der Waals surface area contributed by atoms with Crippen molar-refractivity contribution in [2.45, 2.75) is 38.9 Å². The van der Waals surface area contributed by atoms with Crippen LogP contribution in [0.4, 0.5) is 13.6 Å². The SMILES string of the molecule is CC(C)(C)OC(=O)N1CC(O)C(C(F)F)C1. The molecule has 1 aliphatic rings. The Labute approximate surface area is 93.2 Å². The van der Waals surface area contributed by atoms with Crippen LogP contribution in [-0.2, 0) is 4.74 Å². The summed E-state index contributed by atoms with van der Waals surface area (Å²) in [5.74, 6) is -1.17. The lowest BCUT2D eigenvalue weighted by Crippen LogP contribution is -2.36. The molecule has 0 spiro atoms. The topological polar surface area (TPSA) is 49.8 Å². The number of nitrogens with zero attached hydrogens (tertiary/aromatic N) is 1. The van der Waals surface area contributed by atoms with E-state index in [0.717, 1.165) is 4.90 Å². The second-order valence-electron chi connectivity index (χ2n) is 4.95. The lowest BCUT2D eigenvalue weighted by atomic mass is 10.1. The van der Waals surface area contributed by atoms with E-state index < -0.39 is 30.1 Å². The summed E-state index contributed by atoms with van der Waals surface area (Å²) < 4.78 is 29.9. The molecule has 1 rings (SSSR count). The Morgan fingerprint density at radius 2 is 2.00 bits per heavy atom. The Kier molecular flexibility index (Phi) is 3.72. The highest BCUT2D eigenvalue weighted by Gasteiger charge is 2.40. The molecule has 1 amide bonds. The molecule has 1 aliphatic heterocycles. The fourth-order valence-corrected chi connectivity index (χ4v) is 1.54. The van der Waals surface area contributed by atoms with Gasteiger partial charge in [0, 0.05) is 6.54 Å². The molecule has 16 heavy (non-hydrogen) atoms. The van der Waals surface area contributed by atoms with Crippen LogP contribution in [0.5, 0.6) is 0 Å². The van der Waals surface area contributed by atoms with Gasteiger partial charge in [-0.05, 0) is 20.8 Å². The smallest absolute Gasteiger partial charge is 0.410 e. The first-order chi connectivity index (χ1) is 7.20. The number of β-amino-alcohol motifs (C(OH)–C–C–N with tert-alkyl or cyclic N) is 1. The van der Waals surface area contributed by atoms with Crippen LogP contribution < -0.4 is 0 Å². The van der Waals surface area contributed by atoms with Crippen molar-refractivity contribution in [2.24, 2.45) is 5.92 Å². The number of alkyl halides is 2. The van der Waals surface area contributed by atoms with E-state index in [0.29, 0.717) is 0 Å². The monoisotopic (exact) mass is 237 g/mol. The minimum absolute atomic E-state index is 0.0933. The number of rotatable bonds is 1. The summed E-state index contributed by atoms with van der Waals surface area (Å²) in [7, 11) is 0. The number of ether oxygens (including phenoxy) is 1. The van der Waals surface area contributed by atoms with Gasteiger partial charge in [-0.2, -0.15) is 0 Å². The van der Waals surface area contributed by atoms with Crippen LogP contribution in [0.3, 0.4) is 0 Å². The predicted molar refractivity (Wildman–Crippen MR) is 53.3 cm³/mol. The van der Waals surface area contributed by atoms with Gasteiger partial charge in [-0.1, -0.05) is 0 Å². The molecule has 0 radical (unpaired) electrons. The highest BCUT2D eigenvalue weighted by molar-refractivity contribution is 5.68. The Morgan fingerprint density at radius 1 is 1.44 bits per heavy atom. The first-order valence-corrected chi connectivity index (χ1v) is 5.15. The minimum Gasteiger partial charge on any atom is -0.444 e. The van der Waals surface area contributed by atoms with Gasteiger partial charge in [0.2, 0.25) is 6.43 Å². The minimum atomic E-state index is -2.62. The molecular weight excluding hydrogens is 220 g/mol. The molecule has 0 aromatic rings. The van der Waals surface area contributed by atoms with Gasteiger partial charge in [0.25, 0.3) is 0 Å². The molecule has 0 bridgehead atoms. The normalized spacial score (nSPS) is 26.3. The molecule has 6 heteroatoms. The molecule has 2 unspecified atom stereocenters. The fourth-order valence-electron chi connectivity index (χ4n) is 1.54. The zero-order valence-electron chi connectivity index (χ0n) is 9.61. The number of halogens is 2. The molecule has 0 aromatic carbocycles. The van der Waals surface area contributed by atoms with Crippen molar-refractivity contribution >= 4 is 6.09 Å². The van der Waals surface area contributed by atoms with Crippen molar-refractivity contribution in [3.05, 3.63) is 0 Å². The van der Waals surface area contributed by atoms with E-state index in [-0.39, 0.29) is 13.1 Å². The second-order valence-corrected chi connectivity index (χ2v) is 4.95. The summed E-state index contributed by atoms with van der Waals surface area (Å²) in [6.07, 6.45) is -4.45. The Morgan fingerprint density at radius 3 is 2.38 bits per heavy atom. The first-order valence-electron chi connectivity index (χ1n) is 5.15. The van der Waals surface area contributed by atoms with Gasteiger partial charge in [0.15, 0.2) is 0 Å². The molecule has 2 atom stereocenters. The zero-order chi connectivity index (χ0) is 12.5. The fraction of sp³-hybridized carbons (Fsp3) is 0.900. The van der Waals surface area contributed by atoms with E-state index in [1.165, 1.54) is 0 Å². The largest absolute Gasteiger partial charge is 0.444 e. The van der Waals surface area contributed by atoms with E-state index >= 15 is 0 Å². The second kappa shape index (κ2) is 4.53. The van der Waals surface area contributed by atoms with E-state index in [1.807, 2.05) is 0 Å². The number of carbonyl (C=O) groups is 1. The number of aliphatic hydroxyl groups is 1. The Hall–Kier alpha value is -0.910. The molecule has 0 saturated carbocycles. The summed E-state index contributed by atoms with van der Waals surface area (Å²) in [6.45, 7) is 4.84. The standard InChI is InChI=1S/C10H17F2NO3/c1-10(2,3)16-9(15)13-4-6(8(11)12)7(14)5-13/h6-8,14H,4-5H2,1-3H3. The molecule has 0 aliphatic carbocycles. The van der Waals surface area contributed by atoms with Gasteiger partial charge in [-0.15, -0.1) is 0 Å². The zero-order valence-corrected chi connectivity index (χ0v) is 9.61. The number of likely N-dealkylation sites (tertiary alicyclic amines) is 1. The number of hydrogen-bond acceptors (Lipinski definition) is 3. The summed E-state index contributed by atoms with van der Waals surface area (Å²) in [6, 6.07) is 0. The predicted octanol–water partition coefficient (Wildman–Crippen LogP) is 1.48. The third-order valence-electron chi connectivity index (χ3n) is 2.31. The first kappa shape index (κ1) is 13.2. The summed E-state index contributed by atoms with van der Waals surface area (Å²) in [5, 5.41) is 9.35. The third kappa shape index (κ3) is 3.30. The van der Waals surface area contributed by atoms with Crippen molar-refractivity contribution in [1.29, 1.82) is 0 Å². The van der Waals surface area contributed by atoms with Crippen molar-refractivity contribution in [1.82, 2.24) is 4.90 Å². The molecule has 1 heterocycles. The summed E-state index contributed by atoms with van der Waals surface area (Å²) >= 11 is 0. The quantitative estimate of drug-likeness (QED) is 0.751. The van der Waals surface area contributed by atoms with Crippen molar-refractivity contribution in [2.75, 3.05) is 13.1 Å². The molecule has 94 valence electrons. The van der Waals surface area contributed by atoms with Gasteiger partial charge >= 0.3 is 6.09 Å². The molecule has 4 nitrogen and oxygen atoms in total. The number of carbonyl (C=O) groups excluding carboxylic acids is 1. The van der Waals surface area contributed by atoms with E-state index in [4.69, 9.17) is 4.74 Å². The maximum atomic E-state index is 12.4. The maximum Gasteiger partial charge on any atom is 0.410 e. The lowest BCUT2D eigenvalue weighted by Gasteiger charge is -2.24. The third-order valence-corrected chi connectivity index (χ3v) is 2.31. The van der Waals surface area contributed by atoms with Crippen LogP contribution in [0.25, 0.3) is 0 Å². The average molecular weight is 237 g/mol. The molecule has 1 N–H and O–H groups in total. The maximum absolute atomic E-state index is 12.4. The number of hydrogen-bond donors (Lipinski definition) is 1. The Balaban J connectivity index is 2.55. The van der Waals surface area contributed by atoms with Crippen molar-refractivity contribution in [3.63, 3.8) is 0 Å². The Bertz CT molecular complexity index is 265. The summed E-state index contributed by atoms with van der Waals surface area (Å²) in [5.41, 5.74) is -0.662. The van der Waals surface area contributed by atoms with Crippen LogP contribution in [-0.4, -0.2) is 47.3 Å². The van der Waals surface area contributed by atoms with Gasteiger partial charge in [-0.25, -0.2) is 13.6 Å². The van der Waals surface area contributed by atoms with Crippen LogP contribution in [0.2, 0.25) is 0 Å². The lowest BCUT2D eigenvalue weighted by molar-refractivity contribution is 0.0194. The summed E-state index contributed by atoms with van der Waals surface area (Å²) in [4.78, 5) is 12.6. The van der Waals surface area contributed by atoms with E-state index in [1.54, 1.807) is 20.8 Å². The van der Waals surface area contributed by atoms with Crippen LogP contribution in [0.15, 0.2) is 0 Å².